The number of nitrogens with zero attached hydrogens (tertiary/aromatic N) is 3. The van der Waals surface area contributed by atoms with Crippen molar-refractivity contribution in [3.63, 3.8) is 0 Å². The minimum Gasteiger partial charge on any atom is -0.327 e. The summed E-state index contributed by atoms with van der Waals surface area (Å²) < 4.78 is 0. The summed E-state index contributed by atoms with van der Waals surface area (Å²) in [5.41, 5.74) is 8.75. The Kier molecular flexibility index (Phi) is 3.99. The zero-order valence-electron chi connectivity index (χ0n) is 10.8. The van der Waals surface area contributed by atoms with Gasteiger partial charge in [-0.15, -0.1) is 0 Å². The lowest BCUT2D eigenvalue weighted by molar-refractivity contribution is 0.643. The quantitative estimate of drug-likeness (QED) is 0.892. The van der Waals surface area contributed by atoms with E-state index in [9.17, 15) is 0 Å². The summed E-state index contributed by atoms with van der Waals surface area (Å²) in [7, 11) is 0. The fourth-order valence-corrected chi connectivity index (χ4v) is 1.71. The van der Waals surface area contributed by atoms with Gasteiger partial charge in [-0.2, -0.15) is 0 Å². The summed E-state index contributed by atoms with van der Waals surface area (Å²) in [5, 5.41) is 0. The fourth-order valence-electron chi connectivity index (χ4n) is 1.71. The van der Waals surface area contributed by atoms with Crippen LogP contribution < -0.4 is 5.73 Å². The van der Waals surface area contributed by atoms with Gasteiger partial charge in [0.1, 0.15) is 5.69 Å². The average Bonchev–Trinajstić information content (AvgIpc) is 2.39. The normalized spacial score (nSPS) is 12.4. The second-order valence-corrected chi connectivity index (χ2v) is 4.45. The molecule has 0 bridgehead atoms. The number of hydrogen-bond donors (Lipinski definition) is 1. The highest BCUT2D eigenvalue weighted by atomic mass is 14.9. The molecule has 4 nitrogen and oxygen atoms in total. The van der Waals surface area contributed by atoms with E-state index in [0.29, 0.717) is 5.82 Å². The van der Waals surface area contributed by atoms with E-state index >= 15 is 0 Å². The molecule has 4 heteroatoms. The van der Waals surface area contributed by atoms with Gasteiger partial charge < -0.3 is 5.73 Å². The molecule has 1 unspecified atom stereocenters. The van der Waals surface area contributed by atoms with Crippen LogP contribution in [0.25, 0.3) is 11.5 Å². The van der Waals surface area contributed by atoms with E-state index in [1.165, 1.54) is 0 Å². The van der Waals surface area contributed by atoms with Crippen molar-refractivity contribution < 1.29 is 0 Å². The molecule has 0 saturated heterocycles. The molecule has 2 aromatic heterocycles. The van der Waals surface area contributed by atoms with Crippen molar-refractivity contribution in [1.29, 1.82) is 0 Å². The van der Waals surface area contributed by atoms with Crippen LogP contribution in [0.4, 0.5) is 0 Å². The van der Waals surface area contributed by atoms with Crippen LogP contribution in [-0.4, -0.2) is 21.0 Å². The van der Waals surface area contributed by atoms with Gasteiger partial charge in [-0.25, -0.2) is 15.0 Å². The summed E-state index contributed by atoms with van der Waals surface area (Å²) in [6.07, 6.45) is 5.45. The SMILES string of the molecule is CCC(N)Cc1cnc(-c2cccc(C)n2)nc1. The Morgan fingerprint density at radius 1 is 1.22 bits per heavy atom. The van der Waals surface area contributed by atoms with Crippen LogP contribution in [0.1, 0.15) is 24.6 Å². The van der Waals surface area contributed by atoms with E-state index in [1.807, 2.05) is 37.5 Å². The highest BCUT2D eigenvalue weighted by molar-refractivity contribution is 5.48. The number of rotatable bonds is 4. The predicted molar refractivity (Wildman–Crippen MR) is 72.0 cm³/mol. The van der Waals surface area contributed by atoms with Gasteiger partial charge >= 0.3 is 0 Å². The van der Waals surface area contributed by atoms with E-state index in [4.69, 9.17) is 5.73 Å². The first-order chi connectivity index (χ1) is 8.69. The first-order valence-corrected chi connectivity index (χ1v) is 6.19. The lowest BCUT2D eigenvalue weighted by Gasteiger charge is -2.08. The molecule has 0 aromatic carbocycles. The molecule has 2 aromatic rings. The summed E-state index contributed by atoms with van der Waals surface area (Å²) in [4.78, 5) is 13.1. The minimum absolute atomic E-state index is 0.177. The Labute approximate surface area is 107 Å². The third-order valence-electron chi connectivity index (χ3n) is 2.85. The van der Waals surface area contributed by atoms with Gasteiger partial charge in [0.05, 0.1) is 0 Å². The van der Waals surface area contributed by atoms with Gasteiger partial charge in [-0.3, -0.25) is 0 Å². The molecule has 2 N–H and O–H groups in total. The number of aromatic nitrogens is 3. The molecule has 2 heterocycles. The van der Waals surface area contributed by atoms with Crippen molar-refractivity contribution in [1.82, 2.24) is 15.0 Å². The van der Waals surface area contributed by atoms with Crippen molar-refractivity contribution in [3.05, 3.63) is 41.9 Å². The topological polar surface area (TPSA) is 64.7 Å². The number of aryl methyl sites for hydroxylation is 1. The Morgan fingerprint density at radius 3 is 2.56 bits per heavy atom. The minimum atomic E-state index is 0.177. The second kappa shape index (κ2) is 5.69. The molecule has 0 saturated carbocycles. The van der Waals surface area contributed by atoms with Crippen molar-refractivity contribution in [2.45, 2.75) is 32.7 Å². The predicted octanol–water partition coefficient (Wildman–Crippen LogP) is 2.13. The molecule has 0 spiro atoms. The van der Waals surface area contributed by atoms with Crippen LogP contribution in [0.3, 0.4) is 0 Å². The van der Waals surface area contributed by atoms with E-state index in [0.717, 1.165) is 29.8 Å². The van der Waals surface area contributed by atoms with Crippen molar-refractivity contribution >= 4 is 0 Å². The Bertz CT molecular complexity index is 507. The number of hydrogen-bond acceptors (Lipinski definition) is 4. The molecule has 1 atom stereocenters. The maximum Gasteiger partial charge on any atom is 0.178 e. The van der Waals surface area contributed by atoms with Gasteiger partial charge in [0, 0.05) is 24.1 Å². The molecule has 94 valence electrons. The second-order valence-electron chi connectivity index (χ2n) is 4.45. The first-order valence-electron chi connectivity index (χ1n) is 6.19. The third kappa shape index (κ3) is 3.11. The third-order valence-corrected chi connectivity index (χ3v) is 2.85. The standard InChI is InChI=1S/C14H18N4/c1-3-12(15)7-11-8-16-14(17-9-11)13-6-4-5-10(2)18-13/h4-6,8-9,12H,3,7,15H2,1-2H3. The first kappa shape index (κ1) is 12.6. The number of nitrogens with two attached hydrogens (primary N) is 1. The molecule has 0 aliphatic heterocycles. The molecular formula is C14H18N4. The lowest BCUT2D eigenvalue weighted by atomic mass is 10.1. The van der Waals surface area contributed by atoms with Crippen LogP contribution in [-0.2, 0) is 6.42 Å². The Hall–Kier alpha value is -1.81. The van der Waals surface area contributed by atoms with Crippen LogP contribution in [0.15, 0.2) is 30.6 Å². The summed E-state index contributed by atoms with van der Waals surface area (Å²) in [6, 6.07) is 6.01. The smallest absolute Gasteiger partial charge is 0.178 e. The zero-order chi connectivity index (χ0) is 13.0. The largest absolute Gasteiger partial charge is 0.327 e. The van der Waals surface area contributed by atoms with Crippen molar-refractivity contribution in [3.8, 4) is 11.5 Å². The van der Waals surface area contributed by atoms with Crippen molar-refractivity contribution in [2.75, 3.05) is 0 Å². The van der Waals surface area contributed by atoms with Crippen LogP contribution in [0.5, 0.6) is 0 Å². The molecule has 0 aliphatic carbocycles. The Morgan fingerprint density at radius 2 is 1.94 bits per heavy atom. The van der Waals surface area contributed by atoms with E-state index in [-0.39, 0.29) is 6.04 Å². The Balaban J connectivity index is 2.17. The molecular weight excluding hydrogens is 224 g/mol. The molecule has 0 amide bonds. The van der Waals surface area contributed by atoms with E-state index < -0.39 is 0 Å². The van der Waals surface area contributed by atoms with Gasteiger partial charge in [-0.1, -0.05) is 13.0 Å². The monoisotopic (exact) mass is 242 g/mol. The van der Waals surface area contributed by atoms with Crippen LogP contribution in [0, 0.1) is 6.92 Å². The summed E-state index contributed by atoms with van der Waals surface area (Å²) in [5.74, 6) is 0.660. The molecule has 0 fully saturated rings. The molecule has 0 radical (unpaired) electrons. The molecule has 2 rings (SSSR count). The van der Waals surface area contributed by atoms with Gasteiger partial charge in [-0.05, 0) is 37.5 Å². The van der Waals surface area contributed by atoms with Crippen LogP contribution >= 0.6 is 0 Å². The maximum absolute atomic E-state index is 5.91. The van der Waals surface area contributed by atoms with Gasteiger partial charge in [0.25, 0.3) is 0 Å². The summed E-state index contributed by atoms with van der Waals surface area (Å²) in [6.45, 7) is 4.04. The maximum atomic E-state index is 5.91. The fraction of sp³-hybridized carbons (Fsp3) is 0.357. The highest BCUT2D eigenvalue weighted by Gasteiger charge is 2.05. The van der Waals surface area contributed by atoms with Gasteiger partial charge in [0.2, 0.25) is 0 Å². The average molecular weight is 242 g/mol. The van der Waals surface area contributed by atoms with Gasteiger partial charge in [0.15, 0.2) is 5.82 Å². The molecule has 0 aliphatic rings. The van der Waals surface area contributed by atoms with Crippen LogP contribution in [0.2, 0.25) is 0 Å². The summed E-state index contributed by atoms with van der Waals surface area (Å²) >= 11 is 0. The molecule has 18 heavy (non-hydrogen) atoms. The van der Waals surface area contributed by atoms with E-state index in [1.54, 1.807) is 0 Å². The van der Waals surface area contributed by atoms with E-state index in [2.05, 4.69) is 21.9 Å². The number of pyridine rings is 1. The zero-order valence-corrected chi connectivity index (χ0v) is 10.8. The lowest BCUT2D eigenvalue weighted by Crippen LogP contribution is -2.21. The highest BCUT2D eigenvalue weighted by Crippen LogP contribution is 2.12. The van der Waals surface area contributed by atoms with Crippen molar-refractivity contribution in [2.24, 2.45) is 5.73 Å².